The van der Waals surface area contributed by atoms with E-state index in [9.17, 15) is 9.59 Å². The SMILES string of the molecule is CCCCCCCOC(=O)N=NC(=O)O[Si](C)(C)C. The summed E-state index contributed by atoms with van der Waals surface area (Å²) in [7, 11) is -1.99. The Kier molecular flexibility index (Phi) is 9.02. The van der Waals surface area contributed by atoms with Crippen LogP contribution in [0.1, 0.15) is 39.0 Å². The lowest BCUT2D eigenvalue weighted by Gasteiger charge is -2.13. The van der Waals surface area contributed by atoms with Gasteiger partial charge in [0.2, 0.25) is 8.32 Å². The molecule has 0 aliphatic rings. The van der Waals surface area contributed by atoms with Crippen LogP contribution in [0.25, 0.3) is 0 Å². The molecule has 0 bridgehead atoms. The molecule has 0 atom stereocenters. The van der Waals surface area contributed by atoms with E-state index < -0.39 is 20.5 Å². The van der Waals surface area contributed by atoms with Gasteiger partial charge in [0.25, 0.3) is 0 Å². The number of amides is 2. The van der Waals surface area contributed by atoms with Crippen molar-refractivity contribution in [3.05, 3.63) is 0 Å². The zero-order chi connectivity index (χ0) is 14.7. The normalized spacial score (nSPS) is 11.6. The third-order valence-electron chi connectivity index (χ3n) is 2.08. The van der Waals surface area contributed by atoms with Crippen molar-refractivity contribution in [3.63, 3.8) is 0 Å². The van der Waals surface area contributed by atoms with Crippen LogP contribution in [0.15, 0.2) is 10.2 Å². The van der Waals surface area contributed by atoms with Crippen molar-refractivity contribution in [2.75, 3.05) is 6.61 Å². The summed E-state index contributed by atoms with van der Waals surface area (Å²) in [5.41, 5.74) is 0. The molecule has 110 valence electrons. The van der Waals surface area contributed by atoms with Gasteiger partial charge in [0.05, 0.1) is 6.61 Å². The van der Waals surface area contributed by atoms with Gasteiger partial charge in [0.1, 0.15) is 0 Å². The molecule has 0 spiro atoms. The largest absolute Gasteiger partial charge is 0.502 e. The van der Waals surface area contributed by atoms with Crippen molar-refractivity contribution in [2.45, 2.75) is 58.7 Å². The number of rotatable bonds is 7. The first-order valence-corrected chi connectivity index (χ1v) is 10.1. The van der Waals surface area contributed by atoms with Crippen LogP contribution in [0.3, 0.4) is 0 Å². The maximum atomic E-state index is 11.2. The first-order valence-electron chi connectivity index (χ1n) is 6.66. The van der Waals surface area contributed by atoms with Crippen LogP contribution in [0.5, 0.6) is 0 Å². The van der Waals surface area contributed by atoms with Crippen molar-refractivity contribution >= 4 is 20.5 Å². The third-order valence-corrected chi connectivity index (χ3v) is 2.87. The Morgan fingerprint density at radius 1 is 0.947 bits per heavy atom. The molecule has 0 N–H and O–H groups in total. The fourth-order valence-corrected chi connectivity index (χ4v) is 1.82. The number of ether oxygens (including phenoxy) is 1. The van der Waals surface area contributed by atoms with Gasteiger partial charge in [-0.05, 0) is 26.1 Å². The minimum Gasteiger partial charge on any atom is -0.502 e. The Morgan fingerprint density at radius 3 is 2.11 bits per heavy atom. The lowest BCUT2D eigenvalue weighted by atomic mass is 10.2. The van der Waals surface area contributed by atoms with Gasteiger partial charge in [-0.2, -0.15) is 0 Å². The molecule has 0 heterocycles. The van der Waals surface area contributed by atoms with Crippen LogP contribution in [-0.2, 0) is 9.16 Å². The number of nitrogens with zero attached hydrogens (tertiary/aromatic N) is 2. The van der Waals surface area contributed by atoms with Crippen molar-refractivity contribution in [1.82, 2.24) is 0 Å². The standard InChI is InChI=1S/C12H24N2O4Si/c1-5-6-7-8-9-10-17-11(15)13-14-12(16)18-19(2,3)4/h5-10H2,1-4H3. The van der Waals surface area contributed by atoms with Gasteiger partial charge in [-0.15, -0.1) is 0 Å². The monoisotopic (exact) mass is 288 g/mol. The quantitative estimate of drug-likeness (QED) is 0.392. The van der Waals surface area contributed by atoms with E-state index in [-0.39, 0.29) is 0 Å². The zero-order valence-corrected chi connectivity index (χ0v) is 13.3. The molecule has 0 unspecified atom stereocenters. The Hall–Kier alpha value is -1.24. The summed E-state index contributed by atoms with van der Waals surface area (Å²) in [6, 6.07) is 0. The summed E-state index contributed by atoms with van der Waals surface area (Å²) in [5, 5.41) is 6.32. The molecule has 0 fully saturated rings. The number of unbranched alkanes of at least 4 members (excludes halogenated alkanes) is 4. The predicted molar refractivity (Wildman–Crippen MR) is 74.8 cm³/mol. The van der Waals surface area contributed by atoms with E-state index in [0.29, 0.717) is 6.61 Å². The molecule has 0 aromatic heterocycles. The minimum atomic E-state index is -1.99. The molecule has 0 saturated carbocycles. The molecule has 0 aliphatic heterocycles. The molecule has 0 aromatic carbocycles. The first kappa shape index (κ1) is 17.8. The molecule has 0 rings (SSSR count). The second kappa shape index (κ2) is 9.66. The second-order valence-corrected chi connectivity index (χ2v) is 9.64. The lowest BCUT2D eigenvalue weighted by Crippen LogP contribution is -2.27. The Bertz CT molecular complexity index is 313. The highest BCUT2D eigenvalue weighted by Gasteiger charge is 2.19. The second-order valence-electron chi connectivity index (χ2n) is 5.21. The van der Waals surface area contributed by atoms with Crippen LogP contribution in [0.4, 0.5) is 9.59 Å². The van der Waals surface area contributed by atoms with Crippen LogP contribution >= 0.6 is 0 Å². The molecule has 2 amide bonds. The van der Waals surface area contributed by atoms with Gasteiger partial charge in [-0.3, -0.25) is 0 Å². The number of azo groups is 1. The Labute approximate surface area is 115 Å². The van der Waals surface area contributed by atoms with Crippen molar-refractivity contribution in [2.24, 2.45) is 10.2 Å². The summed E-state index contributed by atoms with van der Waals surface area (Å²) in [6.07, 6.45) is 3.65. The number of hydrogen-bond donors (Lipinski definition) is 0. The van der Waals surface area contributed by atoms with Gasteiger partial charge in [0.15, 0.2) is 0 Å². The van der Waals surface area contributed by atoms with Gasteiger partial charge in [-0.1, -0.05) is 42.8 Å². The Balaban J connectivity index is 3.71. The van der Waals surface area contributed by atoms with Gasteiger partial charge < -0.3 is 9.16 Å². The van der Waals surface area contributed by atoms with Gasteiger partial charge in [-0.25, -0.2) is 9.59 Å². The van der Waals surface area contributed by atoms with Gasteiger partial charge >= 0.3 is 12.2 Å². The van der Waals surface area contributed by atoms with E-state index in [0.717, 1.165) is 19.3 Å². The number of carbonyl (C=O) groups is 2. The van der Waals surface area contributed by atoms with Gasteiger partial charge in [0, 0.05) is 0 Å². The average molecular weight is 288 g/mol. The zero-order valence-electron chi connectivity index (χ0n) is 12.3. The fourth-order valence-electron chi connectivity index (χ4n) is 1.26. The number of carbonyl (C=O) groups excluding carboxylic acids is 2. The summed E-state index contributed by atoms with van der Waals surface area (Å²) in [4.78, 5) is 22.3. The molecule has 0 radical (unpaired) electrons. The summed E-state index contributed by atoms with van der Waals surface area (Å²) < 4.78 is 9.80. The maximum Gasteiger partial charge on any atom is 0.452 e. The molecule has 0 saturated heterocycles. The first-order chi connectivity index (χ1) is 8.85. The van der Waals surface area contributed by atoms with Crippen molar-refractivity contribution < 1.29 is 18.8 Å². The smallest absolute Gasteiger partial charge is 0.452 e. The van der Waals surface area contributed by atoms with E-state index in [1.807, 2.05) is 19.6 Å². The Morgan fingerprint density at radius 2 is 1.53 bits per heavy atom. The summed E-state index contributed by atoms with van der Waals surface area (Å²) >= 11 is 0. The highest BCUT2D eigenvalue weighted by Crippen LogP contribution is 2.05. The van der Waals surface area contributed by atoms with Crippen molar-refractivity contribution in [1.29, 1.82) is 0 Å². The lowest BCUT2D eigenvalue weighted by molar-refractivity contribution is 0.151. The van der Waals surface area contributed by atoms with E-state index in [4.69, 9.17) is 9.16 Å². The fraction of sp³-hybridized carbons (Fsp3) is 0.833. The predicted octanol–water partition coefficient (Wildman–Crippen LogP) is 4.52. The molecule has 6 nitrogen and oxygen atoms in total. The average Bonchev–Trinajstić information content (AvgIpc) is 2.29. The summed E-state index contributed by atoms with van der Waals surface area (Å²) in [6.45, 7) is 7.98. The van der Waals surface area contributed by atoms with E-state index in [1.165, 1.54) is 12.8 Å². The minimum absolute atomic E-state index is 0.310. The molecular formula is C12H24N2O4Si. The van der Waals surface area contributed by atoms with E-state index in [2.05, 4.69) is 17.2 Å². The van der Waals surface area contributed by atoms with E-state index in [1.54, 1.807) is 0 Å². The maximum absolute atomic E-state index is 11.2. The molecule has 0 aromatic rings. The van der Waals surface area contributed by atoms with E-state index >= 15 is 0 Å². The molecular weight excluding hydrogens is 264 g/mol. The topological polar surface area (TPSA) is 77.3 Å². The number of hydrogen-bond acceptors (Lipinski definition) is 4. The third kappa shape index (κ3) is 13.0. The molecule has 0 aliphatic carbocycles. The van der Waals surface area contributed by atoms with Crippen molar-refractivity contribution in [3.8, 4) is 0 Å². The molecule has 19 heavy (non-hydrogen) atoms. The highest BCUT2D eigenvalue weighted by atomic mass is 28.4. The summed E-state index contributed by atoms with van der Waals surface area (Å²) in [5.74, 6) is 0. The van der Waals surface area contributed by atoms with Crippen LogP contribution in [0, 0.1) is 0 Å². The van der Waals surface area contributed by atoms with Crippen LogP contribution < -0.4 is 0 Å². The van der Waals surface area contributed by atoms with Crippen LogP contribution in [-0.4, -0.2) is 27.1 Å². The highest BCUT2D eigenvalue weighted by molar-refractivity contribution is 6.71. The van der Waals surface area contributed by atoms with Crippen LogP contribution in [0.2, 0.25) is 19.6 Å². The molecule has 7 heteroatoms.